The van der Waals surface area contributed by atoms with E-state index in [1.165, 1.54) is 15.7 Å². The highest BCUT2D eigenvalue weighted by Gasteiger charge is 2.24. The van der Waals surface area contributed by atoms with Crippen LogP contribution in [0.2, 0.25) is 0 Å². The minimum Gasteiger partial charge on any atom is -0.480 e. The Bertz CT molecular complexity index is 622. The number of aliphatic carboxylic acids is 1. The van der Waals surface area contributed by atoms with Gasteiger partial charge in [0.25, 0.3) is 5.24 Å². The van der Waals surface area contributed by atoms with Crippen LogP contribution in [-0.4, -0.2) is 46.9 Å². The average Bonchev–Trinajstić information content (AvgIpc) is 2.55. The molecule has 0 saturated heterocycles. The zero-order valence-corrected chi connectivity index (χ0v) is 17.4. The summed E-state index contributed by atoms with van der Waals surface area (Å²) in [7, 11) is 4.99. The second kappa shape index (κ2) is 10.6. The second-order valence-electron chi connectivity index (χ2n) is 6.13. The highest BCUT2D eigenvalue weighted by Crippen LogP contribution is 2.37. The minimum atomic E-state index is -1.17. The van der Waals surface area contributed by atoms with Gasteiger partial charge in [0.15, 0.2) is 0 Å². The van der Waals surface area contributed by atoms with Crippen molar-refractivity contribution in [2.45, 2.75) is 32.4 Å². The van der Waals surface area contributed by atoms with Gasteiger partial charge in [-0.05, 0) is 42.7 Å². The van der Waals surface area contributed by atoms with E-state index in [0.29, 0.717) is 0 Å². The minimum absolute atomic E-state index is 0.0918. The first-order valence-electron chi connectivity index (χ1n) is 7.61. The Kier molecular flexibility index (Phi) is 9.17. The number of hydrogen-bond donors (Lipinski definition) is 2. The van der Waals surface area contributed by atoms with Gasteiger partial charge < -0.3 is 20.1 Å². The van der Waals surface area contributed by atoms with E-state index in [0.717, 1.165) is 26.3 Å². The predicted molar refractivity (Wildman–Crippen MR) is 109 cm³/mol. The van der Waals surface area contributed by atoms with E-state index >= 15 is 0 Å². The van der Waals surface area contributed by atoms with Crippen LogP contribution in [0.1, 0.15) is 20.8 Å². The number of hydrogen-bond acceptors (Lipinski definition) is 7. The summed E-state index contributed by atoms with van der Waals surface area (Å²) in [5.74, 6) is -1.07. The number of carboxylic acid groups (broad SMARTS) is 1. The summed E-state index contributed by atoms with van der Waals surface area (Å²) in [5, 5.41) is 11.3. The molecule has 0 saturated carbocycles. The van der Waals surface area contributed by atoms with Crippen molar-refractivity contribution in [2.75, 3.05) is 17.7 Å². The molecule has 1 unspecified atom stereocenters. The Balaban J connectivity index is 2.40. The number of para-hydroxylation sites is 1. The predicted octanol–water partition coefficient (Wildman–Crippen LogP) is 4.25. The van der Waals surface area contributed by atoms with E-state index in [2.05, 4.69) is 5.32 Å². The van der Waals surface area contributed by atoms with Gasteiger partial charge in [-0.2, -0.15) is 0 Å². The number of carbonyl (C=O) groups is 3. The van der Waals surface area contributed by atoms with Crippen LogP contribution in [0.15, 0.2) is 30.3 Å². The molecule has 0 heterocycles. The first-order valence-corrected chi connectivity index (χ1v) is 11.3. The molecule has 10 heteroatoms. The molecule has 0 aliphatic rings. The molecule has 144 valence electrons. The van der Waals surface area contributed by atoms with Gasteiger partial charge >= 0.3 is 12.1 Å². The Morgan fingerprint density at radius 2 is 1.85 bits per heavy atom. The molecule has 1 atom stereocenters. The summed E-state index contributed by atoms with van der Waals surface area (Å²) >= 11 is 0. The molecule has 0 aliphatic carbocycles. The molecule has 7 nitrogen and oxygen atoms in total. The van der Waals surface area contributed by atoms with E-state index in [9.17, 15) is 19.5 Å². The van der Waals surface area contributed by atoms with Gasteiger partial charge in [0.05, 0.1) is 0 Å². The van der Waals surface area contributed by atoms with Crippen molar-refractivity contribution in [3.63, 3.8) is 0 Å². The number of carboxylic acids is 1. The summed E-state index contributed by atoms with van der Waals surface area (Å²) in [6, 6.07) is 8.08. The lowest BCUT2D eigenvalue weighted by Crippen LogP contribution is -2.44. The molecule has 1 aromatic carbocycles. The number of ether oxygens (including phenoxy) is 1. The molecule has 1 aromatic rings. The van der Waals surface area contributed by atoms with Crippen molar-refractivity contribution in [3.8, 4) is 0 Å². The quantitative estimate of drug-likeness (QED) is 0.501. The zero-order chi connectivity index (χ0) is 19.7. The van der Waals surface area contributed by atoms with E-state index in [4.69, 9.17) is 4.74 Å². The molecule has 0 spiro atoms. The summed E-state index contributed by atoms with van der Waals surface area (Å²) < 4.78 is 5.05. The Morgan fingerprint density at radius 3 is 2.38 bits per heavy atom. The number of anilines is 1. The van der Waals surface area contributed by atoms with E-state index in [1.807, 2.05) is 30.3 Å². The lowest BCUT2D eigenvalue weighted by Gasteiger charge is -2.21. The molecule has 2 amide bonds. The van der Waals surface area contributed by atoms with E-state index in [1.54, 1.807) is 27.8 Å². The fourth-order valence-corrected chi connectivity index (χ4v) is 5.01. The summed E-state index contributed by atoms with van der Waals surface area (Å²) in [4.78, 5) is 36.5. The largest absolute Gasteiger partial charge is 0.480 e. The van der Waals surface area contributed by atoms with Crippen molar-refractivity contribution < 1.29 is 24.2 Å². The van der Waals surface area contributed by atoms with E-state index < -0.39 is 23.7 Å². The topological polar surface area (TPSA) is 95.9 Å². The monoisotopic (exact) mass is 418 g/mol. The third-order valence-electron chi connectivity index (χ3n) is 2.79. The van der Waals surface area contributed by atoms with Gasteiger partial charge in [-0.25, -0.2) is 9.59 Å². The molecular weight excluding hydrogens is 396 g/mol. The van der Waals surface area contributed by atoms with Crippen LogP contribution >= 0.6 is 31.4 Å². The second-order valence-corrected chi connectivity index (χ2v) is 10.2. The fourth-order valence-electron chi connectivity index (χ4n) is 1.59. The molecule has 26 heavy (non-hydrogen) atoms. The zero-order valence-electron chi connectivity index (χ0n) is 14.9. The summed E-state index contributed by atoms with van der Waals surface area (Å²) in [6.07, 6.45) is -0.789. The van der Waals surface area contributed by atoms with Crippen LogP contribution in [0.4, 0.5) is 15.3 Å². The SMILES string of the molecule is CN(C(=O)SSSCC(NC(=O)OC(C)(C)C)C(=O)O)c1ccccc1. The van der Waals surface area contributed by atoms with Crippen LogP contribution in [0.3, 0.4) is 0 Å². The van der Waals surface area contributed by atoms with Crippen molar-refractivity contribution in [1.29, 1.82) is 0 Å². The van der Waals surface area contributed by atoms with Crippen LogP contribution in [0.25, 0.3) is 0 Å². The van der Waals surface area contributed by atoms with Crippen molar-refractivity contribution in [3.05, 3.63) is 30.3 Å². The Hall–Kier alpha value is -1.52. The first-order chi connectivity index (χ1) is 12.1. The number of amides is 2. The number of nitrogens with one attached hydrogen (secondary N) is 1. The molecule has 2 N–H and O–H groups in total. The number of rotatable bonds is 7. The van der Waals surface area contributed by atoms with Gasteiger partial charge in [0.1, 0.15) is 11.6 Å². The number of nitrogens with zero attached hydrogens (tertiary/aromatic N) is 1. The van der Waals surface area contributed by atoms with Gasteiger partial charge in [-0.3, -0.25) is 4.79 Å². The fraction of sp³-hybridized carbons (Fsp3) is 0.438. The maximum Gasteiger partial charge on any atom is 0.408 e. The Morgan fingerprint density at radius 1 is 1.23 bits per heavy atom. The van der Waals surface area contributed by atoms with Crippen molar-refractivity contribution in [2.24, 2.45) is 0 Å². The van der Waals surface area contributed by atoms with Crippen molar-refractivity contribution >= 4 is 54.4 Å². The van der Waals surface area contributed by atoms with E-state index in [-0.39, 0.29) is 11.0 Å². The van der Waals surface area contributed by atoms with Gasteiger partial charge in [-0.15, -0.1) is 0 Å². The summed E-state index contributed by atoms with van der Waals surface area (Å²) in [6.45, 7) is 5.08. The number of benzene rings is 1. The first kappa shape index (κ1) is 22.5. The maximum absolute atomic E-state index is 12.1. The van der Waals surface area contributed by atoms with Crippen molar-refractivity contribution in [1.82, 2.24) is 5.32 Å². The highest BCUT2D eigenvalue weighted by molar-refractivity contribution is 9.12. The molecule has 0 fully saturated rings. The third kappa shape index (κ3) is 8.72. The third-order valence-corrected chi connectivity index (χ3v) is 6.65. The van der Waals surface area contributed by atoms with Gasteiger partial charge in [0, 0.05) is 29.3 Å². The van der Waals surface area contributed by atoms with Crippen LogP contribution in [0, 0.1) is 0 Å². The van der Waals surface area contributed by atoms with Crippen LogP contribution in [-0.2, 0) is 9.53 Å². The lowest BCUT2D eigenvalue weighted by molar-refractivity contribution is -0.138. The van der Waals surface area contributed by atoms with Crippen LogP contribution in [0.5, 0.6) is 0 Å². The molecule has 0 radical (unpaired) electrons. The lowest BCUT2D eigenvalue weighted by atomic mass is 10.2. The normalized spacial score (nSPS) is 12.2. The molecule has 1 rings (SSSR count). The van der Waals surface area contributed by atoms with Gasteiger partial charge in [-0.1, -0.05) is 29.0 Å². The number of carbonyl (C=O) groups excluding carboxylic acids is 2. The molecule has 0 aromatic heterocycles. The standard InChI is InChI=1S/C16H22N2O5S3/c1-16(2,3)23-14(21)17-12(13(19)20)10-24-26-25-15(22)18(4)11-8-6-5-7-9-11/h5-9,12H,10H2,1-4H3,(H,17,21)(H,19,20). The van der Waals surface area contributed by atoms with Gasteiger partial charge in [0.2, 0.25) is 0 Å². The maximum atomic E-state index is 12.1. The number of alkyl carbamates (subject to hydrolysis) is 1. The average molecular weight is 419 g/mol. The Labute approximate surface area is 164 Å². The molecule has 0 bridgehead atoms. The van der Waals surface area contributed by atoms with Crippen LogP contribution < -0.4 is 10.2 Å². The molecule has 0 aliphatic heterocycles. The molecular formula is C16H22N2O5S3. The highest BCUT2D eigenvalue weighted by atomic mass is 33.5. The summed E-state index contributed by atoms with van der Waals surface area (Å²) in [5.41, 5.74) is 0.0601. The smallest absolute Gasteiger partial charge is 0.408 e.